The minimum atomic E-state index is -0.872. The molecule has 0 spiro atoms. The number of aliphatic hydroxyl groups is 2. The summed E-state index contributed by atoms with van der Waals surface area (Å²) in [5.74, 6) is -0.0795. The lowest BCUT2D eigenvalue weighted by Gasteiger charge is -2.19. The number of rotatable bonds is 56. The van der Waals surface area contributed by atoms with E-state index in [2.05, 4.69) is 104 Å². The van der Waals surface area contributed by atoms with E-state index in [1.165, 1.54) is 212 Å². The van der Waals surface area contributed by atoms with E-state index in [1.54, 1.807) is 6.08 Å². The van der Waals surface area contributed by atoms with Gasteiger partial charge in [-0.15, -0.1) is 0 Å². The molecule has 0 aliphatic heterocycles. The van der Waals surface area contributed by atoms with Crippen molar-refractivity contribution in [3.63, 3.8) is 0 Å². The highest BCUT2D eigenvalue weighted by molar-refractivity contribution is 5.76. The quantitative estimate of drug-likeness (QED) is 0.0420. The maximum Gasteiger partial charge on any atom is 0.220 e. The Kier molecular flexibility index (Phi) is 59.3. The molecule has 4 nitrogen and oxygen atoms in total. The molecule has 0 saturated heterocycles. The smallest absolute Gasteiger partial charge is 0.220 e. The van der Waals surface area contributed by atoms with Crippen LogP contribution in [0.25, 0.3) is 0 Å². The molecule has 410 valence electrons. The second-order valence-corrected chi connectivity index (χ2v) is 20.7. The third-order valence-electron chi connectivity index (χ3n) is 13.8. The Balaban J connectivity index is 3.55. The molecule has 0 aromatic heterocycles. The molecule has 3 N–H and O–H groups in total. The van der Waals surface area contributed by atoms with Crippen molar-refractivity contribution in [2.75, 3.05) is 6.61 Å². The van der Waals surface area contributed by atoms with E-state index < -0.39 is 12.1 Å². The number of unbranched alkanes of at least 4 members (excludes halogenated alkanes) is 35. The van der Waals surface area contributed by atoms with Crippen LogP contribution >= 0.6 is 0 Å². The molecule has 71 heavy (non-hydrogen) atoms. The van der Waals surface area contributed by atoms with Gasteiger partial charge < -0.3 is 15.5 Å². The predicted octanol–water partition coefficient (Wildman–Crippen LogP) is 20.9. The Labute approximate surface area is 443 Å². The van der Waals surface area contributed by atoms with Crippen molar-refractivity contribution in [1.29, 1.82) is 0 Å². The van der Waals surface area contributed by atoms with Gasteiger partial charge in [-0.25, -0.2) is 0 Å². The van der Waals surface area contributed by atoms with Gasteiger partial charge in [-0.05, 0) is 83.5 Å². The van der Waals surface area contributed by atoms with Gasteiger partial charge in [0.05, 0.1) is 18.8 Å². The Bertz CT molecular complexity index is 1300. The first-order valence-electron chi connectivity index (χ1n) is 31.0. The van der Waals surface area contributed by atoms with Crippen LogP contribution in [-0.4, -0.2) is 34.9 Å². The van der Waals surface area contributed by atoms with Gasteiger partial charge in [0.15, 0.2) is 0 Å². The number of nitrogens with one attached hydrogen (secondary N) is 1. The topological polar surface area (TPSA) is 69.6 Å². The fraction of sp³-hybridized carbons (Fsp3) is 0.746. The number of carbonyl (C=O) groups excluding carboxylic acids is 1. The first-order valence-corrected chi connectivity index (χ1v) is 31.0. The molecule has 0 saturated carbocycles. The number of aliphatic hydroxyl groups excluding tert-OH is 2. The lowest BCUT2D eigenvalue weighted by atomic mass is 10.0. The first-order chi connectivity index (χ1) is 35.2. The van der Waals surface area contributed by atoms with Gasteiger partial charge in [-0.2, -0.15) is 0 Å². The number of hydrogen-bond donors (Lipinski definition) is 3. The van der Waals surface area contributed by atoms with E-state index in [4.69, 9.17) is 0 Å². The van der Waals surface area contributed by atoms with Crippen LogP contribution in [0.15, 0.2) is 97.2 Å². The van der Waals surface area contributed by atoms with Crippen LogP contribution in [-0.2, 0) is 4.79 Å². The summed E-state index contributed by atoms with van der Waals surface area (Å²) in [4.78, 5) is 12.5. The monoisotopic (exact) mass is 986 g/mol. The molecule has 0 aromatic rings. The van der Waals surface area contributed by atoms with Crippen molar-refractivity contribution in [2.24, 2.45) is 0 Å². The molecule has 0 aliphatic carbocycles. The van der Waals surface area contributed by atoms with Crippen molar-refractivity contribution < 1.29 is 15.0 Å². The van der Waals surface area contributed by atoms with Crippen LogP contribution in [0.4, 0.5) is 0 Å². The summed E-state index contributed by atoms with van der Waals surface area (Å²) in [6.45, 7) is 4.20. The standard InChI is InChI=1S/C67H119NO3/c1-3-5-7-9-11-13-15-17-19-21-23-25-27-29-31-33-35-36-38-40-42-44-46-48-50-52-54-56-58-60-62-66(70)65(64-69)68-67(71)63-61-59-57-55-53-51-49-47-45-43-41-39-37-34-32-30-28-26-24-22-20-18-16-14-12-10-8-6-4-2/h6,8,12,14,18,20,24,26,30,32,37,39,52,54,60,62,65-66,69-70H,3-5,7,9-11,13,15-17,19,21-23,25,27-29,31,33-36,38,40-51,53,55-59,61,63-64H2,1-2H3,(H,68,71)/b8-6-,14-12-,20-18-,26-24-,32-30-,39-37-,54-52+,62-60+. The third-order valence-corrected chi connectivity index (χ3v) is 13.8. The Morgan fingerprint density at radius 3 is 0.986 bits per heavy atom. The number of hydrogen-bond acceptors (Lipinski definition) is 3. The highest BCUT2D eigenvalue weighted by Gasteiger charge is 2.18. The van der Waals surface area contributed by atoms with Gasteiger partial charge in [0.1, 0.15) is 0 Å². The van der Waals surface area contributed by atoms with Gasteiger partial charge in [0.2, 0.25) is 5.91 Å². The average Bonchev–Trinajstić information content (AvgIpc) is 3.37. The fourth-order valence-corrected chi connectivity index (χ4v) is 9.14. The third kappa shape index (κ3) is 58.1. The van der Waals surface area contributed by atoms with E-state index in [0.29, 0.717) is 6.42 Å². The van der Waals surface area contributed by atoms with Crippen LogP contribution in [0, 0.1) is 0 Å². The molecule has 0 heterocycles. The molecule has 0 aromatic carbocycles. The minimum Gasteiger partial charge on any atom is -0.394 e. The van der Waals surface area contributed by atoms with Gasteiger partial charge in [0.25, 0.3) is 0 Å². The molecule has 0 aliphatic rings. The van der Waals surface area contributed by atoms with Crippen LogP contribution in [0.3, 0.4) is 0 Å². The average molecular weight is 987 g/mol. The van der Waals surface area contributed by atoms with Crippen molar-refractivity contribution in [2.45, 2.75) is 315 Å². The largest absolute Gasteiger partial charge is 0.394 e. The maximum absolute atomic E-state index is 12.5. The van der Waals surface area contributed by atoms with E-state index in [9.17, 15) is 15.0 Å². The van der Waals surface area contributed by atoms with E-state index in [0.717, 1.165) is 70.6 Å². The van der Waals surface area contributed by atoms with Gasteiger partial charge >= 0.3 is 0 Å². The minimum absolute atomic E-state index is 0.0795. The van der Waals surface area contributed by atoms with E-state index >= 15 is 0 Å². The molecular formula is C67H119NO3. The van der Waals surface area contributed by atoms with Gasteiger partial charge in [-0.3, -0.25) is 4.79 Å². The van der Waals surface area contributed by atoms with E-state index in [1.807, 2.05) is 6.08 Å². The van der Waals surface area contributed by atoms with E-state index in [-0.39, 0.29) is 12.5 Å². The van der Waals surface area contributed by atoms with Crippen LogP contribution < -0.4 is 5.32 Å². The van der Waals surface area contributed by atoms with Gasteiger partial charge in [-0.1, -0.05) is 310 Å². The lowest BCUT2D eigenvalue weighted by Crippen LogP contribution is -2.45. The van der Waals surface area contributed by atoms with Gasteiger partial charge in [0, 0.05) is 6.42 Å². The fourth-order valence-electron chi connectivity index (χ4n) is 9.14. The summed E-state index contributed by atoms with van der Waals surface area (Å²) < 4.78 is 0. The molecule has 0 radical (unpaired) electrons. The summed E-state index contributed by atoms with van der Waals surface area (Å²) in [6.07, 6.45) is 91.7. The van der Waals surface area contributed by atoms with Crippen LogP contribution in [0.1, 0.15) is 303 Å². The first kappa shape index (κ1) is 68.3. The highest BCUT2D eigenvalue weighted by Crippen LogP contribution is 2.17. The zero-order valence-corrected chi connectivity index (χ0v) is 47.2. The molecular weight excluding hydrogens is 867 g/mol. The summed E-state index contributed by atoms with van der Waals surface area (Å²) in [7, 11) is 0. The summed E-state index contributed by atoms with van der Waals surface area (Å²) in [5, 5.41) is 23.2. The van der Waals surface area contributed by atoms with Crippen molar-refractivity contribution >= 4 is 5.91 Å². The van der Waals surface area contributed by atoms with Crippen LogP contribution in [0.5, 0.6) is 0 Å². The summed E-state index contributed by atoms with van der Waals surface area (Å²) in [5.41, 5.74) is 0. The Morgan fingerprint density at radius 1 is 0.352 bits per heavy atom. The molecule has 0 bridgehead atoms. The molecule has 2 atom stereocenters. The molecule has 2 unspecified atom stereocenters. The summed E-state index contributed by atoms with van der Waals surface area (Å²) >= 11 is 0. The SMILES string of the molecule is CC/C=C\C/C=C\C/C=C\C/C=C\C/C=C\C/C=C\CCCCCCCCCCCCC(=O)NC(CO)C(O)/C=C/CC/C=C/CCCCCCCCCCCCCCCCCCCCCCCCCC. The zero-order valence-electron chi connectivity index (χ0n) is 47.2. The Hall–Kier alpha value is -2.69. The highest BCUT2D eigenvalue weighted by atomic mass is 16.3. The zero-order chi connectivity index (χ0) is 51.3. The second kappa shape index (κ2) is 61.6. The molecule has 0 rings (SSSR count). The van der Waals surface area contributed by atoms with Crippen molar-refractivity contribution in [1.82, 2.24) is 5.32 Å². The molecule has 1 amide bonds. The number of amides is 1. The second-order valence-electron chi connectivity index (χ2n) is 20.7. The van der Waals surface area contributed by atoms with Crippen molar-refractivity contribution in [3.05, 3.63) is 97.2 Å². The lowest BCUT2D eigenvalue weighted by molar-refractivity contribution is -0.123. The predicted molar refractivity (Wildman–Crippen MR) is 317 cm³/mol. The Morgan fingerprint density at radius 2 is 0.634 bits per heavy atom. The summed E-state index contributed by atoms with van der Waals surface area (Å²) in [6, 6.07) is -0.649. The molecule has 0 fully saturated rings. The maximum atomic E-state index is 12.5. The normalized spacial score (nSPS) is 13.5. The number of allylic oxidation sites excluding steroid dienone is 15. The molecule has 4 heteroatoms. The van der Waals surface area contributed by atoms with Crippen LogP contribution in [0.2, 0.25) is 0 Å². The van der Waals surface area contributed by atoms with Crippen molar-refractivity contribution in [3.8, 4) is 0 Å². The number of carbonyl (C=O) groups is 1.